The molecule has 4 aromatic rings. The third-order valence-electron chi connectivity index (χ3n) is 6.18. The quantitative estimate of drug-likeness (QED) is 0.264. The molecule has 1 aliphatic rings. The van der Waals surface area contributed by atoms with Crippen LogP contribution in [0.25, 0.3) is 17.4 Å². The summed E-state index contributed by atoms with van der Waals surface area (Å²) in [5, 5.41) is 17.7. The van der Waals surface area contributed by atoms with E-state index in [1.807, 2.05) is 0 Å². The van der Waals surface area contributed by atoms with Crippen LogP contribution in [-0.4, -0.2) is 28.6 Å². The van der Waals surface area contributed by atoms with Crippen LogP contribution in [0.3, 0.4) is 0 Å². The minimum atomic E-state index is -1.11. The van der Waals surface area contributed by atoms with Gasteiger partial charge in [0.05, 0.1) is 33.1 Å². The molecule has 0 bridgehead atoms. The molecule has 2 N–H and O–H groups in total. The highest BCUT2D eigenvalue weighted by Gasteiger charge is 2.29. The molecule has 200 valence electrons. The maximum Gasteiger partial charge on any atom is 0.335 e. The molecule has 2 heterocycles. The average Bonchev–Trinajstić information content (AvgIpc) is 3.53. The number of carboxylic acids is 1. The third-order valence-corrected chi connectivity index (χ3v) is 6.51. The first kappa shape index (κ1) is 26.6. The Morgan fingerprint density at radius 3 is 2.60 bits per heavy atom. The molecule has 0 saturated carbocycles. The number of halogens is 2. The molecule has 0 saturated heterocycles. The molecule has 3 aromatic carbocycles. The lowest BCUT2D eigenvalue weighted by molar-refractivity contribution is -0.114. The highest BCUT2D eigenvalue weighted by Crippen LogP contribution is 2.30. The molecule has 1 aliphatic heterocycles. The minimum Gasteiger partial charge on any atom is -0.478 e. The lowest BCUT2D eigenvalue weighted by Gasteiger charge is -2.12. The summed E-state index contributed by atoms with van der Waals surface area (Å²) >= 11 is 6.28. The highest BCUT2D eigenvalue weighted by molar-refractivity contribution is 6.34. The number of amides is 2. The number of hydrogen-bond donors (Lipinski definition) is 2. The second kappa shape index (κ2) is 11.0. The molecule has 40 heavy (non-hydrogen) atoms. The van der Waals surface area contributed by atoms with Crippen molar-refractivity contribution in [2.45, 2.75) is 13.5 Å². The van der Waals surface area contributed by atoms with E-state index in [-0.39, 0.29) is 28.5 Å². The Hall–Kier alpha value is -5.02. The molecule has 0 fully saturated rings. The van der Waals surface area contributed by atoms with E-state index >= 15 is 0 Å². The van der Waals surface area contributed by atoms with Crippen molar-refractivity contribution in [2.75, 3.05) is 5.01 Å². The molecule has 0 spiro atoms. The van der Waals surface area contributed by atoms with Crippen molar-refractivity contribution in [1.82, 2.24) is 5.32 Å². The van der Waals surface area contributed by atoms with E-state index in [2.05, 4.69) is 10.4 Å². The van der Waals surface area contributed by atoms with Gasteiger partial charge in [0.15, 0.2) is 0 Å². The van der Waals surface area contributed by atoms with Crippen molar-refractivity contribution >= 4 is 46.9 Å². The van der Waals surface area contributed by atoms with Gasteiger partial charge in [-0.25, -0.2) is 9.18 Å². The number of carbonyl (C=O) groups is 3. The average molecular weight is 558 g/mol. The molecule has 0 radical (unpaired) electrons. The zero-order chi connectivity index (χ0) is 28.4. The number of carboxylic acid groups (broad SMARTS) is 1. The first-order valence-electron chi connectivity index (χ1n) is 12.1. The number of carbonyl (C=O) groups excluding carboxylic acids is 2. The zero-order valence-corrected chi connectivity index (χ0v) is 21.8. The maximum absolute atomic E-state index is 13.1. The van der Waals surface area contributed by atoms with Gasteiger partial charge in [0.25, 0.3) is 11.8 Å². The van der Waals surface area contributed by atoms with Crippen molar-refractivity contribution in [2.24, 2.45) is 5.10 Å². The normalized spacial score (nSPS) is 14.0. The number of aromatic carboxylic acids is 1. The van der Waals surface area contributed by atoms with Gasteiger partial charge in [0.2, 0.25) is 0 Å². The van der Waals surface area contributed by atoms with Crippen LogP contribution in [0.15, 0.2) is 94.0 Å². The summed E-state index contributed by atoms with van der Waals surface area (Å²) < 4.78 is 19.1. The molecule has 10 heteroatoms. The summed E-state index contributed by atoms with van der Waals surface area (Å²) in [5.41, 5.74) is 2.67. The van der Waals surface area contributed by atoms with Gasteiger partial charge in [0, 0.05) is 12.1 Å². The van der Waals surface area contributed by atoms with Crippen molar-refractivity contribution < 1.29 is 28.3 Å². The Morgan fingerprint density at radius 2 is 1.85 bits per heavy atom. The predicted molar refractivity (Wildman–Crippen MR) is 149 cm³/mol. The maximum atomic E-state index is 13.1. The molecule has 8 nitrogen and oxygen atoms in total. The van der Waals surface area contributed by atoms with E-state index in [1.54, 1.807) is 67.6 Å². The van der Waals surface area contributed by atoms with E-state index in [1.165, 1.54) is 24.3 Å². The molecular formula is C30H21ClFN3O5. The molecule has 1 aromatic heterocycles. The van der Waals surface area contributed by atoms with Crippen LogP contribution in [0.4, 0.5) is 10.1 Å². The van der Waals surface area contributed by atoms with Gasteiger partial charge in [-0.15, -0.1) is 0 Å². The van der Waals surface area contributed by atoms with Gasteiger partial charge in [-0.2, -0.15) is 10.1 Å². The second-order valence-corrected chi connectivity index (χ2v) is 9.33. The van der Waals surface area contributed by atoms with E-state index in [4.69, 9.17) is 16.0 Å². The summed E-state index contributed by atoms with van der Waals surface area (Å²) in [6.45, 7) is 1.87. The number of nitrogens with one attached hydrogen (secondary N) is 1. The van der Waals surface area contributed by atoms with Crippen LogP contribution >= 0.6 is 11.6 Å². The smallest absolute Gasteiger partial charge is 0.335 e. The fourth-order valence-electron chi connectivity index (χ4n) is 4.09. The van der Waals surface area contributed by atoms with Crippen LogP contribution < -0.4 is 10.3 Å². The lowest BCUT2D eigenvalue weighted by Crippen LogP contribution is -2.23. The Morgan fingerprint density at radius 1 is 1.07 bits per heavy atom. The standard InChI is InChI=1S/C30H21ClFN3O5/c1-17-24(29(37)35(34-17)22-4-2-3-20(13-22)30(38)39)15-23-10-12-27(40-23)19-7-11-26(31)25(14-19)28(36)33-16-18-5-8-21(32)9-6-18/h2-15H,16H2,1H3,(H,33,36)(H,38,39). The minimum absolute atomic E-state index is 0.0396. The number of hydrogen-bond acceptors (Lipinski definition) is 5. The Kier molecular flexibility index (Phi) is 7.31. The number of furan rings is 1. The molecular weight excluding hydrogens is 537 g/mol. The number of nitrogens with zero attached hydrogens (tertiary/aromatic N) is 2. The Balaban J connectivity index is 1.34. The van der Waals surface area contributed by atoms with Crippen LogP contribution in [0.2, 0.25) is 5.02 Å². The van der Waals surface area contributed by atoms with Crippen molar-refractivity contribution in [3.63, 3.8) is 0 Å². The molecule has 0 aliphatic carbocycles. The first-order valence-corrected chi connectivity index (χ1v) is 12.4. The van der Waals surface area contributed by atoms with Gasteiger partial charge in [-0.05, 0) is 79.2 Å². The summed E-state index contributed by atoms with van der Waals surface area (Å²) in [4.78, 5) is 37.2. The number of rotatable bonds is 7. The van der Waals surface area contributed by atoms with Crippen molar-refractivity contribution in [1.29, 1.82) is 0 Å². The van der Waals surface area contributed by atoms with Gasteiger partial charge in [-0.1, -0.05) is 29.8 Å². The lowest BCUT2D eigenvalue weighted by atomic mass is 10.1. The summed E-state index contributed by atoms with van der Waals surface area (Å²) in [6.07, 6.45) is 1.55. The van der Waals surface area contributed by atoms with Crippen molar-refractivity contribution in [3.8, 4) is 11.3 Å². The molecule has 5 rings (SSSR count). The van der Waals surface area contributed by atoms with Gasteiger partial charge in [-0.3, -0.25) is 9.59 Å². The second-order valence-electron chi connectivity index (χ2n) is 8.92. The fraction of sp³-hybridized carbons (Fsp3) is 0.0667. The van der Waals surface area contributed by atoms with Crippen molar-refractivity contribution in [3.05, 3.63) is 118 Å². The Bertz CT molecular complexity index is 1710. The van der Waals surface area contributed by atoms with E-state index in [0.717, 1.165) is 10.6 Å². The van der Waals surface area contributed by atoms with Crippen LogP contribution in [0, 0.1) is 5.82 Å². The molecule has 2 amide bonds. The Labute approximate surface area is 233 Å². The van der Waals surface area contributed by atoms with Crippen LogP contribution in [0.1, 0.15) is 39.0 Å². The zero-order valence-electron chi connectivity index (χ0n) is 21.0. The van der Waals surface area contributed by atoms with Crippen LogP contribution in [-0.2, 0) is 11.3 Å². The summed E-state index contributed by atoms with van der Waals surface area (Å²) in [5.74, 6) is -1.47. The highest BCUT2D eigenvalue weighted by atomic mass is 35.5. The third kappa shape index (κ3) is 5.55. The summed E-state index contributed by atoms with van der Waals surface area (Å²) in [6, 6.07) is 20.0. The number of benzene rings is 3. The van der Waals surface area contributed by atoms with E-state index in [0.29, 0.717) is 34.1 Å². The molecule has 0 atom stereocenters. The predicted octanol–water partition coefficient (Wildman–Crippen LogP) is 6.17. The van der Waals surface area contributed by atoms with Gasteiger partial charge < -0.3 is 14.8 Å². The SMILES string of the molecule is CC1=NN(c2cccc(C(=O)O)c2)C(=O)C1=Cc1ccc(-c2ccc(Cl)c(C(=O)NCc3ccc(F)cc3)c2)o1. The number of anilines is 1. The van der Waals surface area contributed by atoms with E-state index in [9.17, 15) is 23.9 Å². The van der Waals surface area contributed by atoms with Gasteiger partial charge >= 0.3 is 5.97 Å². The van der Waals surface area contributed by atoms with Gasteiger partial charge in [0.1, 0.15) is 17.3 Å². The summed E-state index contributed by atoms with van der Waals surface area (Å²) in [7, 11) is 0. The largest absolute Gasteiger partial charge is 0.478 e. The fourth-order valence-corrected chi connectivity index (χ4v) is 4.29. The number of hydrazone groups is 1. The van der Waals surface area contributed by atoms with Crippen LogP contribution in [0.5, 0.6) is 0 Å². The first-order chi connectivity index (χ1) is 19.2. The monoisotopic (exact) mass is 557 g/mol. The topological polar surface area (TPSA) is 112 Å². The molecule has 0 unspecified atom stereocenters. The van der Waals surface area contributed by atoms with E-state index < -0.39 is 17.8 Å².